The summed E-state index contributed by atoms with van der Waals surface area (Å²) in [6.45, 7) is 2.61. The second kappa shape index (κ2) is 6.11. The third kappa shape index (κ3) is 2.71. The fourth-order valence-electron chi connectivity index (χ4n) is 2.59. The minimum Gasteiger partial charge on any atom is -0.369 e. The standard InChI is InChI=1S/C17H16N6O/c1-12-15-16(19-11-20-17(15)24-22-12)18-8-7-13-9-21-23(10-13)14-5-3-2-4-6-14/h2-6,9-11H,7-8H2,1H3,(H,18,19,20). The van der Waals surface area contributed by atoms with E-state index in [0.717, 1.165) is 41.1 Å². The largest absolute Gasteiger partial charge is 0.369 e. The highest BCUT2D eigenvalue weighted by Gasteiger charge is 2.11. The minimum absolute atomic E-state index is 0.502. The molecule has 0 aliphatic rings. The number of nitrogens with one attached hydrogen (secondary N) is 1. The number of aryl methyl sites for hydroxylation is 1. The fraction of sp³-hybridized carbons (Fsp3) is 0.176. The van der Waals surface area contributed by atoms with E-state index in [1.54, 1.807) is 0 Å². The Balaban J connectivity index is 1.44. The molecule has 1 N–H and O–H groups in total. The monoisotopic (exact) mass is 320 g/mol. The summed E-state index contributed by atoms with van der Waals surface area (Å²) in [4.78, 5) is 8.35. The molecule has 4 aromatic rings. The molecular weight excluding hydrogens is 304 g/mol. The zero-order valence-corrected chi connectivity index (χ0v) is 13.2. The van der Waals surface area contributed by atoms with E-state index >= 15 is 0 Å². The average molecular weight is 320 g/mol. The Bertz CT molecular complexity index is 960. The first-order chi connectivity index (χ1) is 11.8. The highest BCUT2D eigenvalue weighted by Crippen LogP contribution is 2.22. The van der Waals surface area contributed by atoms with Crippen LogP contribution in [0.25, 0.3) is 16.8 Å². The van der Waals surface area contributed by atoms with Gasteiger partial charge in [-0.15, -0.1) is 0 Å². The smallest absolute Gasteiger partial charge is 0.263 e. The van der Waals surface area contributed by atoms with Crippen LogP contribution < -0.4 is 5.32 Å². The van der Waals surface area contributed by atoms with Crippen molar-refractivity contribution >= 4 is 16.9 Å². The first-order valence-electron chi connectivity index (χ1n) is 7.71. The van der Waals surface area contributed by atoms with Crippen LogP contribution in [-0.2, 0) is 6.42 Å². The normalized spacial score (nSPS) is 11.0. The van der Waals surface area contributed by atoms with Crippen molar-refractivity contribution in [2.75, 3.05) is 11.9 Å². The van der Waals surface area contributed by atoms with Crippen LogP contribution in [0, 0.1) is 6.92 Å². The Labute approximate surface area is 138 Å². The van der Waals surface area contributed by atoms with Crippen molar-refractivity contribution in [3.8, 4) is 5.69 Å². The molecule has 7 heteroatoms. The summed E-state index contributed by atoms with van der Waals surface area (Å²) in [5.74, 6) is 0.745. The van der Waals surface area contributed by atoms with Gasteiger partial charge < -0.3 is 9.84 Å². The number of fused-ring (bicyclic) bond motifs is 1. The molecule has 0 saturated carbocycles. The molecule has 0 atom stereocenters. The Kier molecular flexibility index (Phi) is 3.66. The number of para-hydroxylation sites is 1. The van der Waals surface area contributed by atoms with E-state index in [-0.39, 0.29) is 0 Å². The van der Waals surface area contributed by atoms with Gasteiger partial charge in [-0.25, -0.2) is 9.67 Å². The number of hydrogen-bond donors (Lipinski definition) is 1. The molecule has 0 fully saturated rings. The summed E-state index contributed by atoms with van der Waals surface area (Å²) in [5.41, 5.74) is 3.49. The number of hydrogen-bond acceptors (Lipinski definition) is 6. The summed E-state index contributed by atoms with van der Waals surface area (Å²) in [7, 11) is 0. The Morgan fingerprint density at radius 3 is 2.92 bits per heavy atom. The van der Waals surface area contributed by atoms with E-state index in [0.29, 0.717) is 5.71 Å². The van der Waals surface area contributed by atoms with Crippen molar-refractivity contribution in [3.05, 3.63) is 60.3 Å². The molecule has 0 saturated heterocycles. The SMILES string of the molecule is Cc1noc2ncnc(NCCc3cnn(-c4ccccc4)c3)c12. The van der Waals surface area contributed by atoms with E-state index in [4.69, 9.17) is 4.52 Å². The highest BCUT2D eigenvalue weighted by atomic mass is 16.5. The number of nitrogens with zero attached hydrogens (tertiary/aromatic N) is 5. The summed E-state index contributed by atoms with van der Waals surface area (Å²) in [5, 5.41) is 12.5. The molecular formula is C17H16N6O. The lowest BCUT2D eigenvalue weighted by atomic mass is 10.2. The van der Waals surface area contributed by atoms with Crippen molar-refractivity contribution in [2.24, 2.45) is 0 Å². The van der Waals surface area contributed by atoms with Gasteiger partial charge >= 0.3 is 0 Å². The van der Waals surface area contributed by atoms with Gasteiger partial charge in [-0.05, 0) is 31.0 Å². The quantitative estimate of drug-likeness (QED) is 0.609. The minimum atomic E-state index is 0.502. The van der Waals surface area contributed by atoms with Crippen molar-refractivity contribution < 1.29 is 4.52 Å². The molecule has 0 radical (unpaired) electrons. The van der Waals surface area contributed by atoms with E-state index in [1.807, 2.05) is 54.3 Å². The predicted molar refractivity (Wildman–Crippen MR) is 90.1 cm³/mol. The summed E-state index contributed by atoms with van der Waals surface area (Å²) >= 11 is 0. The van der Waals surface area contributed by atoms with E-state index < -0.39 is 0 Å². The van der Waals surface area contributed by atoms with Crippen LogP contribution in [-0.4, -0.2) is 31.4 Å². The molecule has 7 nitrogen and oxygen atoms in total. The van der Waals surface area contributed by atoms with Crippen LogP contribution in [0.1, 0.15) is 11.3 Å². The predicted octanol–water partition coefficient (Wildman–Crippen LogP) is 2.77. The van der Waals surface area contributed by atoms with Crippen LogP contribution in [0.5, 0.6) is 0 Å². The molecule has 0 bridgehead atoms. The van der Waals surface area contributed by atoms with Crippen LogP contribution in [0.3, 0.4) is 0 Å². The van der Waals surface area contributed by atoms with Gasteiger partial charge in [0.15, 0.2) is 0 Å². The maximum Gasteiger partial charge on any atom is 0.263 e. The molecule has 0 unspecified atom stereocenters. The molecule has 0 aliphatic heterocycles. The second-order valence-electron chi connectivity index (χ2n) is 5.48. The second-order valence-corrected chi connectivity index (χ2v) is 5.48. The molecule has 120 valence electrons. The van der Waals surface area contributed by atoms with Crippen molar-refractivity contribution in [2.45, 2.75) is 13.3 Å². The summed E-state index contributed by atoms with van der Waals surface area (Å²) < 4.78 is 7.03. The van der Waals surface area contributed by atoms with E-state index in [2.05, 4.69) is 25.5 Å². The zero-order chi connectivity index (χ0) is 16.4. The van der Waals surface area contributed by atoms with E-state index in [1.165, 1.54) is 6.33 Å². The molecule has 3 heterocycles. The lowest BCUT2D eigenvalue weighted by molar-refractivity contribution is 0.442. The Morgan fingerprint density at radius 2 is 2.04 bits per heavy atom. The molecule has 0 amide bonds. The Morgan fingerprint density at radius 1 is 1.17 bits per heavy atom. The number of anilines is 1. The number of benzene rings is 1. The maximum absolute atomic E-state index is 5.15. The Hall–Kier alpha value is -3.22. The van der Waals surface area contributed by atoms with Crippen molar-refractivity contribution in [1.82, 2.24) is 24.9 Å². The average Bonchev–Trinajstić information content (AvgIpc) is 3.24. The lowest BCUT2D eigenvalue weighted by Crippen LogP contribution is -2.06. The van der Waals surface area contributed by atoms with Crippen LogP contribution >= 0.6 is 0 Å². The van der Waals surface area contributed by atoms with Gasteiger partial charge in [0.25, 0.3) is 5.71 Å². The topological polar surface area (TPSA) is 81.7 Å². The van der Waals surface area contributed by atoms with Gasteiger partial charge in [-0.3, -0.25) is 0 Å². The summed E-state index contributed by atoms with van der Waals surface area (Å²) in [6, 6.07) is 10.1. The lowest BCUT2D eigenvalue weighted by Gasteiger charge is -2.05. The van der Waals surface area contributed by atoms with E-state index in [9.17, 15) is 0 Å². The van der Waals surface area contributed by atoms with Gasteiger partial charge in [0, 0.05) is 12.7 Å². The molecule has 0 spiro atoms. The molecule has 4 rings (SSSR count). The first-order valence-corrected chi connectivity index (χ1v) is 7.71. The third-order valence-electron chi connectivity index (χ3n) is 3.81. The number of aromatic nitrogens is 5. The van der Waals surface area contributed by atoms with Crippen LogP contribution in [0.2, 0.25) is 0 Å². The van der Waals surface area contributed by atoms with Gasteiger partial charge in [-0.1, -0.05) is 23.4 Å². The maximum atomic E-state index is 5.15. The molecule has 24 heavy (non-hydrogen) atoms. The van der Waals surface area contributed by atoms with Gasteiger partial charge in [0.1, 0.15) is 17.5 Å². The third-order valence-corrected chi connectivity index (χ3v) is 3.81. The van der Waals surface area contributed by atoms with Crippen LogP contribution in [0.4, 0.5) is 5.82 Å². The highest BCUT2D eigenvalue weighted by molar-refractivity contribution is 5.87. The molecule has 1 aromatic carbocycles. The number of rotatable bonds is 5. The first kappa shape index (κ1) is 14.4. The van der Waals surface area contributed by atoms with Gasteiger partial charge in [0.2, 0.25) is 0 Å². The molecule has 0 aliphatic carbocycles. The van der Waals surface area contributed by atoms with Gasteiger partial charge in [-0.2, -0.15) is 10.1 Å². The zero-order valence-electron chi connectivity index (χ0n) is 13.2. The van der Waals surface area contributed by atoms with Crippen molar-refractivity contribution in [3.63, 3.8) is 0 Å². The van der Waals surface area contributed by atoms with Crippen LogP contribution in [0.15, 0.2) is 53.6 Å². The molecule has 3 aromatic heterocycles. The summed E-state index contributed by atoms with van der Waals surface area (Å²) in [6.07, 6.45) is 6.23. The fourth-order valence-corrected chi connectivity index (χ4v) is 2.59. The van der Waals surface area contributed by atoms with Crippen molar-refractivity contribution in [1.29, 1.82) is 0 Å². The van der Waals surface area contributed by atoms with Gasteiger partial charge in [0.05, 0.1) is 17.6 Å².